The van der Waals surface area contributed by atoms with E-state index in [1.807, 2.05) is 18.2 Å². The first kappa shape index (κ1) is 19.3. The summed E-state index contributed by atoms with van der Waals surface area (Å²) in [5.74, 6) is 0.739. The van der Waals surface area contributed by atoms with Crippen molar-refractivity contribution in [2.75, 3.05) is 24.6 Å². The maximum absolute atomic E-state index is 12.3. The van der Waals surface area contributed by atoms with Crippen LogP contribution >= 0.6 is 0 Å². The number of hydrogen-bond acceptors (Lipinski definition) is 3. The smallest absolute Gasteiger partial charge is 0.265 e. The molecule has 1 aliphatic rings. The van der Waals surface area contributed by atoms with E-state index in [0.717, 1.165) is 36.4 Å². The molecule has 0 radical (unpaired) electrons. The molecule has 5 heteroatoms. The first-order chi connectivity index (χ1) is 11.8. The molecule has 0 saturated heterocycles. The lowest BCUT2D eigenvalue weighted by Crippen LogP contribution is -2.40. The highest BCUT2D eigenvalue weighted by Crippen LogP contribution is 2.36. The lowest BCUT2D eigenvalue weighted by molar-refractivity contribution is -0.122. The Hall–Kier alpha value is -2.04. The minimum absolute atomic E-state index is 0.000355. The van der Waals surface area contributed by atoms with Crippen LogP contribution in [0.15, 0.2) is 18.2 Å². The van der Waals surface area contributed by atoms with Crippen LogP contribution in [0.2, 0.25) is 0 Å². The Kier molecular flexibility index (Phi) is 6.45. The third-order valence-electron chi connectivity index (χ3n) is 4.41. The number of fused-ring (bicyclic) bond motifs is 1. The van der Waals surface area contributed by atoms with Gasteiger partial charge in [-0.15, -0.1) is 0 Å². The zero-order valence-corrected chi connectivity index (χ0v) is 15.9. The van der Waals surface area contributed by atoms with Crippen LogP contribution in [0.1, 0.15) is 58.9 Å². The second-order valence-corrected chi connectivity index (χ2v) is 7.57. The van der Waals surface area contributed by atoms with Crippen LogP contribution in [0.25, 0.3) is 0 Å². The van der Waals surface area contributed by atoms with Gasteiger partial charge in [0.15, 0.2) is 6.61 Å². The zero-order valence-electron chi connectivity index (χ0n) is 15.9. The maximum Gasteiger partial charge on any atom is 0.265 e. The van der Waals surface area contributed by atoms with Crippen LogP contribution in [-0.2, 0) is 15.0 Å². The minimum Gasteiger partial charge on any atom is -0.482 e. The van der Waals surface area contributed by atoms with E-state index < -0.39 is 0 Å². The van der Waals surface area contributed by atoms with Gasteiger partial charge < -0.3 is 15.0 Å². The fourth-order valence-corrected chi connectivity index (χ4v) is 2.80. The number of amides is 2. The molecule has 0 unspecified atom stereocenters. The van der Waals surface area contributed by atoms with Gasteiger partial charge in [0.1, 0.15) is 5.75 Å². The first-order valence-corrected chi connectivity index (χ1v) is 9.17. The SMILES string of the molecule is CCCCNC(=O)CCCN1C(=O)COc2ccc(C(C)(C)C)cc21. The number of carbonyl (C=O) groups is 2. The maximum atomic E-state index is 12.3. The van der Waals surface area contributed by atoms with Crippen LogP contribution in [-0.4, -0.2) is 31.5 Å². The molecule has 1 aromatic carbocycles. The molecule has 138 valence electrons. The van der Waals surface area contributed by atoms with Crippen molar-refractivity contribution in [3.05, 3.63) is 23.8 Å². The van der Waals surface area contributed by atoms with Crippen LogP contribution < -0.4 is 15.0 Å². The molecule has 0 fully saturated rings. The van der Waals surface area contributed by atoms with Crippen molar-refractivity contribution in [1.29, 1.82) is 0 Å². The zero-order chi connectivity index (χ0) is 18.4. The van der Waals surface area contributed by atoms with Gasteiger partial charge in [0.2, 0.25) is 5.91 Å². The number of unbranched alkanes of at least 4 members (excludes halogenated alkanes) is 1. The van der Waals surface area contributed by atoms with Crippen molar-refractivity contribution in [3.63, 3.8) is 0 Å². The lowest BCUT2D eigenvalue weighted by Gasteiger charge is -2.31. The Bertz CT molecular complexity index is 620. The summed E-state index contributed by atoms with van der Waals surface area (Å²) in [5.41, 5.74) is 1.97. The summed E-state index contributed by atoms with van der Waals surface area (Å²) in [7, 11) is 0. The highest BCUT2D eigenvalue weighted by atomic mass is 16.5. The highest BCUT2D eigenvalue weighted by molar-refractivity contribution is 5.98. The van der Waals surface area contributed by atoms with Gasteiger partial charge in [-0.1, -0.05) is 40.2 Å². The molecule has 0 aliphatic carbocycles. The topological polar surface area (TPSA) is 58.6 Å². The van der Waals surface area contributed by atoms with Gasteiger partial charge in [0.05, 0.1) is 5.69 Å². The molecule has 5 nitrogen and oxygen atoms in total. The number of carbonyl (C=O) groups excluding carboxylic acids is 2. The number of nitrogens with one attached hydrogen (secondary N) is 1. The minimum atomic E-state index is -0.0510. The molecule has 0 spiro atoms. The number of anilines is 1. The molecule has 1 heterocycles. The average molecular weight is 346 g/mol. The average Bonchev–Trinajstić information content (AvgIpc) is 2.56. The fourth-order valence-electron chi connectivity index (χ4n) is 2.80. The van der Waals surface area contributed by atoms with E-state index in [1.165, 1.54) is 0 Å². The van der Waals surface area contributed by atoms with E-state index in [2.05, 4.69) is 33.0 Å². The molecule has 0 aromatic heterocycles. The summed E-state index contributed by atoms with van der Waals surface area (Å²) in [6, 6.07) is 6.02. The number of ether oxygens (including phenoxy) is 1. The lowest BCUT2D eigenvalue weighted by atomic mass is 9.86. The van der Waals surface area contributed by atoms with Gasteiger partial charge in [-0.3, -0.25) is 9.59 Å². The molecule has 2 rings (SSSR count). The monoisotopic (exact) mass is 346 g/mol. The molecule has 0 bridgehead atoms. The van der Waals surface area contributed by atoms with Gasteiger partial charge in [-0.2, -0.15) is 0 Å². The standard InChI is InChI=1S/C20H30N2O3/c1-5-6-11-21-18(23)8-7-12-22-16-13-15(20(2,3)4)9-10-17(16)25-14-19(22)24/h9-10,13H,5-8,11-12,14H2,1-4H3,(H,21,23). The third kappa shape index (κ3) is 5.21. The van der Waals surface area contributed by atoms with Crippen molar-refractivity contribution in [1.82, 2.24) is 5.32 Å². The van der Waals surface area contributed by atoms with Crippen molar-refractivity contribution in [2.45, 2.75) is 58.8 Å². The predicted molar refractivity (Wildman–Crippen MR) is 100 cm³/mol. The molecular weight excluding hydrogens is 316 g/mol. The van der Waals surface area contributed by atoms with Crippen molar-refractivity contribution < 1.29 is 14.3 Å². The van der Waals surface area contributed by atoms with E-state index in [4.69, 9.17) is 4.74 Å². The van der Waals surface area contributed by atoms with Crippen molar-refractivity contribution in [3.8, 4) is 5.75 Å². The summed E-state index contributed by atoms with van der Waals surface area (Å²) in [6.07, 6.45) is 3.14. The van der Waals surface area contributed by atoms with E-state index in [-0.39, 0.29) is 23.8 Å². The van der Waals surface area contributed by atoms with Crippen LogP contribution in [0, 0.1) is 0 Å². The second-order valence-electron chi connectivity index (χ2n) is 7.57. The van der Waals surface area contributed by atoms with Crippen LogP contribution in [0.3, 0.4) is 0 Å². The summed E-state index contributed by atoms with van der Waals surface area (Å²) in [4.78, 5) is 25.9. The summed E-state index contributed by atoms with van der Waals surface area (Å²) < 4.78 is 5.56. The molecule has 1 aromatic rings. The molecule has 1 aliphatic heterocycles. The Morgan fingerprint density at radius 3 is 2.72 bits per heavy atom. The van der Waals surface area contributed by atoms with Crippen molar-refractivity contribution in [2.24, 2.45) is 0 Å². The normalized spacial score (nSPS) is 14.1. The number of nitrogens with zero attached hydrogens (tertiary/aromatic N) is 1. The number of rotatable bonds is 7. The highest BCUT2D eigenvalue weighted by Gasteiger charge is 2.27. The summed E-state index contributed by atoms with van der Waals surface area (Å²) in [5, 5.41) is 2.91. The number of hydrogen-bond donors (Lipinski definition) is 1. The van der Waals surface area contributed by atoms with Gasteiger partial charge in [0.25, 0.3) is 5.91 Å². The first-order valence-electron chi connectivity index (χ1n) is 9.17. The second kappa shape index (κ2) is 8.37. The van der Waals surface area contributed by atoms with E-state index >= 15 is 0 Å². The van der Waals surface area contributed by atoms with Crippen molar-refractivity contribution >= 4 is 17.5 Å². The Labute approximate surface area is 150 Å². The molecule has 0 saturated carbocycles. The van der Waals surface area contributed by atoms with Crippen LogP contribution in [0.4, 0.5) is 5.69 Å². The van der Waals surface area contributed by atoms with Crippen LogP contribution in [0.5, 0.6) is 5.75 Å². The predicted octanol–water partition coefficient (Wildman–Crippen LogP) is 3.41. The van der Waals surface area contributed by atoms with Gasteiger partial charge in [-0.05, 0) is 36.0 Å². The Balaban J connectivity index is 2.01. The van der Waals surface area contributed by atoms with Gasteiger partial charge in [0, 0.05) is 19.5 Å². The molecular formula is C20H30N2O3. The molecule has 2 amide bonds. The quantitative estimate of drug-likeness (QED) is 0.770. The van der Waals surface area contributed by atoms with Gasteiger partial charge in [-0.25, -0.2) is 0 Å². The van der Waals surface area contributed by atoms with E-state index in [1.54, 1.807) is 4.90 Å². The fraction of sp³-hybridized carbons (Fsp3) is 0.600. The van der Waals surface area contributed by atoms with E-state index in [9.17, 15) is 9.59 Å². The van der Waals surface area contributed by atoms with Gasteiger partial charge >= 0.3 is 0 Å². The molecule has 0 atom stereocenters. The Morgan fingerprint density at radius 1 is 1.28 bits per heavy atom. The summed E-state index contributed by atoms with van der Waals surface area (Å²) in [6.45, 7) is 9.85. The molecule has 25 heavy (non-hydrogen) atoms. The third-order valence-corrected chi connectivity index (χ3v) is 4.41. The largest absolute Gasteiger partial charge is 0.482 e. The van der Waals surface area contributed by atoms with E-state index in [0.29, 0.717) is 19.4 Å². The Morgan fingerprint density at radius 2 is 2.04 bits per heavy atom. The number of benzene rings is 1. The summed E-state index contributed by atoms with van der Waals surface area (Å²) >= 11 is 0. The molecule has 1 N–H and O–H groups in total.